The van der Waals surface area contributed by atoms with Crippen molar-refractivity contribution < 1.29 is 28.3 Å². The van der Waals surface area contributed by atoms with Gasteiger partial charge in [0.05, 0.1) is 31.0 Å². The SMILES string of the molecule is CC(=O)NCC1CN(c2cc(F)c(N3CC(=NO)C4(CC4)C3)c(F)c2)C(=O)O1. The molecule has 1 unspecified atom stereocenters. The number of anilines is 2. The van der Waals surface area contributed by atoms with Crippen LogP contribution in [0, 0.1) is 17.0 Å². The fourth-order valence-electron chi connectivity index (χ4n) is 3.86. The van der Waals surface area contributed by atoms with Crippen LogP contribution in [0.2, 0.25) is 0 Å². The van der Waals surface area contributed by atoms with Crippen LogP contribution >= 0.6 is 0 Å². The number of hydrogen-bond donors (Lipinski definition) is 2. The summed E-state index contributed by atoms with van der Waals surface area (Å²) in [5, 5.41) is 15.0. The van der Waals surface area contributed by atoms with Gasteiger partial charge in [0.15, 0.2) is 11.6 Å². The van der Waals surface area contributed by atoms with E-state index in [1.165, 1.54) is 11.8 Å². The molecular weight excluding hydrogens is 374 g/mol. The van der Waals surface area contributed by atoms with Crippen molar-refractivity contribution in [3.63, 3.8) is 0 Å². The van der Waals surface area contributed by atoms with E-state index in [-0.39, 0.29) is 42.3 Å². The molecule has 8 nitrogen and oxygen atoms in total. The highest BCUT2D eigenvalue weighted by atomic mass is 19.1. The number of amides is 2. The number of rotatable bonds is 4. The summed E-state index contributed by atoms with van der Waals surface area (Å²) in [4.78, 5) is 25.7. The van der Waals surface area contributed by atoms with E-state index < -0.39 is 23.8 Å². The van der Waals surface area contributed by atoms with E-state index in [0.717, 1.165) is 29.9 Å². The van der Waals surface area contributed by atoms with Crippen molar-refractivity contribution in [1.29, 1.82) is 0 Å². The van der Waals surface area contributed by atoms with Crippen molar-refractivity contribution in [3.05, 3.63) is 23.8 Å². The first-order valence-corrected chi connectivity index (χ1v) is 9.01. The van der Waals surface area contributed by atoms with Crippen molar-refractivity contribution in [1.82, 2.24) is 5.32 Å². The lowest BCUT2D eigenvalue weighted by atomic mass is 10.1. The lowest BCUT2D eigenvalue weighted by Gasteiger charge is -2.21. The van der Waals surface area contributed by atoms with Crippen molar-refractivity contribution >= 4 is 29.1 Å². The zero-order chi connectivity index (χ0) is 20.1. The van der Waals surface area contributed by atoms with Crippen LogP contribution in [0.1, 0.15) is 19.8 Å². The molecule has 3 fully saturated rings. The minimum atomic E-state index is -0.803. The van der Waals surface area contributed by atoms with E-state index >= 15 is 0 Å². The maximum absolute atomic E-state index is 14.8. The number of nitrogens with zero attached hydrogens (tertiary/aromatic N) is 3. The molecule has 0 bridgehead atoms. The molecule has 1 saturated carbocycles. The van der Waals surface area contributed by atoms with Gasteiger partial charge in [0, 0.05) is 31.0 Å². The first kappa shape index (κ1) is 18.5. The number of halogens is 2. The average Bonchev–Trinajstić information content (AvgIpc) is 3.16. The lowest BCUT2D eigenvalue weighted by molar-refractivity contribution is -0.119. The molecule has 10 heteroatoms. The van der Waals surface area contributed by atoms with Crippen LogP contribution < -0.4 is 15.1 Å². The summed E-state index contributed by atoms with van der Waals surface area (Å²) in [5.74, 6) is -1.87. The van der Waals surface area contributed by atoms with Crippen LogP contribution in [0.4, 0.5) is 25.0 Å². The molecule has 4 rings (SSSR count). The summed E-state index contributed by atoms with van der Waals surface area (Å²) in [6.45, 7) is 2.10. The van der Waals surface area contributed by atoms with Gasteiger partial charge >= 0.3 is 6.09 Å². The fraction of sp³-hybridized carbons (Fsp3) is 0.500. The topological polar surface area (TPSA) is 94.5 Å². The third kappa shape index (κ3) is 3.12. The number of oxime groups is 1. The Labute approximate surface area is 159 Å². The third-order valence-corrected chi connectivity index (χ3v) is 5.50. The number of ether oxygens (including phenoxy) is 1. The number of nitrogens with one attached hydrogen (secondary N) is 1. The highest BCUT2D eigenvalue weighted by molar-refractivity contribution is 5.99. The zero-order valence-corrected chi connectivity index (χ0v) is 15.2. The van der Waals surface area contributed by atoms with Crippen LogP contribution in [-0.2, 0) is 9.53 Å². The number of hydrogen-bond acceptors (Lipinski definition) is 6. The summed E-state index contributed by atoms with van der Waals surface area (Å²) in [6, 6.07) is 2.18. The largest absolute Gasteiger partial charge is 0.442 e. The summed E-state index contributed by atoms with van der Waals surface area (Å²) < 4.78 is 34.7. The van der Waals surface area contributed by atoms with Gasteiger partial charge in [-0.25, -0.2) is 13.6 Å². The van der Waals surface area contributed by atoms with Crippen LogP contribution in [-0.4, -0.2) is 55.2 Å². The molecule has 1 aliphatic carbocycles. The Morgan fingerprint density at radius 2 is 2.07 bits per heavy atom. The molecule has 3 aliphatic rings. The molecule has 0 radical (unpaired) electrons. The Morgan fingerprint density at radius 3 is 2.61 bits per heavy atom. The molecule has 1 aromatic rings. The van der Waals surface area contributed by atoms with Gasteiger partial charge in [-0.1, -0.05) is 5.16 Å². The van der Waals surface area contributed by atoms with Crippen molar-refractivity contribution in [2.24, 2.45) is 10.6 Å². The molecule has 1 spiro atoms. The second-order valence-electron chi connectivity index (χ2n) is 7.49. The standard InChI is InChI=1S/C18H20F2N4O4/c1-10(25)21-6-12-7-24(17(26)28-12)11-4-13(19)16(14(20)5-11)23-8-15(22-27)18(9-23)2-3-18/h4-5,12,27H,2-3,6-9H2,1H3,(H,21,25). The van der Waals surface area contributed by atoms with E-state index in [0.29, 0.717) is 12.3 Å². The van der Waals surface area contributed by atoms with E-state index in [1.54, 1.807) is 0 Å². The smallest absolute Gasteiger partial charge is 0.414 e. The summed E-state index contributed by atoms with van der Waals surface area (Å²) >= 11 is 0. The quantitative estimate of drug-likeness (QED) is 0.601. The maximum Gasteiger partial charge on any atom is 0.414 e. The minimum absolute atomic E-state index is 0.0467. The third-order valence-electron chi connectivity index (χ3n) is 5.50. The Balaban J connectivity index is 1.54. The summed E-state index contributed by atoms with van der Waals surface area (Å²) in [6.07, 6.45) is 0.340. The van der Waals surface area contributed by atoms with Gasteiger partial charge < -0.3 is 20.2 Å². The fourth-order valence-corrected chi connectivity index (χ4v) is 3.86. The van der Waals surface area contributed by atoms with E-state index in [4.69, 9.17) is 9.94 Å². The molecule has 2 N–H and O–H groups in total. The van der Waals surface area contributed by atoms with E-state index in [9.17, 15) is 18.4 Å². The average molecular weight is 394 g/mol. The number of carbonyl (C=O) groups excluding carboxylic acids is 2. The molecule has 2 aliphatic heterocycles. The first-order valence-electron chi connectivity index (χ1n) is 9.01. The number of carbonyl (C=O) groups is 2. The predicted octanol–water partition coefficient (Wildman–Crippen LogP) is 1.86. The van der Waals surface area contributed by atoms with Gasteiger partial charge in [0.2, 0.25) is 5.91 Å². The van der Waals surface area contributed by atoms with Crippen LogP contribution in [0.3, 0.4) is 0 Å². The number of benzene rings is 1. The van der Waals surface area contributed by atoms with E-state index in [2.05, 4.69) is 10.5 Å². The minimum Gasteiger partial charge on any atom is -0.442 e. The molecule has 2 amide bonds. The zero-order valence-electron chi connectivity index (χ0n) is 15.2. The van der Waals surface area contributed by atoms with Gasteiger partial charge in [-0.3, -0.25) is 9.69 Å². The van der Waals surface area contributed by atoms with Crippen LogP contribution in [0.15, 0.2) is 17.3 Å². The Kier molecular flexibility index (Phi) is 4.35. The maximum atomic E-state index is 14.8. The van der Waals surface area contributed by atoms with E-state index in [1.807, 2.05) is 0 Å². The van der Waals surface area contributed by atoms with Crippen molar-refractivity contribution in [2.75, 3.05) is 36.0 Å². The van der Waals surface area contributed by atoms with Crippen LogP contribution in [0.25, 0.3) is 0 Å². The Hall–Kier alpha value is -2.91. The van der Waals surface area contributed by atoms with Gasteiger partial charge in [-0.05, 0) is 12.8 Å². The Morgan fingerprint density at radius 1 is 1.39 bits per heavy atom. The molecular formula is C18H20F2N4O4. The lowest BCUT2D eigenvalue weighted by Crippen LogP contribution is -2.33. The highest BCUT2D eigenvalue weighted by Gasteiger charge is 2.54. The van der Waals surface area contributed by atoms with Gasteiger partial charge in [-0.2, -0.15) is 0 Å². The number of cyclic esters (lactones) is 1. The van der Waals surface area contributed by atoms with Crippen molar-refractivity contribution in [3.8, 4) is 0 Å². The van der Waals surface area contributed by atoms with Gasteiger partial charge in [0.25, 0.3) is 0 Å². The molecule has 2 heterocycles. The van der Waals surface area contributed by atoms with Crippen molar-refractivity contribution in [2.45, 2.75) is 25.9 Å². The van der Waals surface area contributed by atoms with Gasteiger partial charge in [-0.15, -0.1) is 0 Å². The molecule has 0 aromatic heterocycles. The predicted molar refractivity (Wildman–Crippen MR) is 95.8 cm³/mol. The molecule has 28 heavy (non-hydrogen) atoms. The highest BCUT2D eigenvalue weighted by Crippen LogP contribution is 2.52. The molecule has 2 saturated heterocycles. The second kappa shape index (κ2) is 6.61. The molecule has 1 aromatic carbocycles. The first-order chi connectivity index (χ1) is 13.3. The van der Waals surface area contributed by atoms with Crippen LogP contribution in [0.5, 0.6) is 0 Å². The molecule has 150 valence electrons. The normalized spacial score (nSPS) is 24.2. The molecule has 1 atom stereocenters. The second-order valence-corrected chi connectivity index (χ2v) is 7.49. The summed E-state index contributed by atoms with van der Waals surface area (Å²) in [5.41, 5.74) is 0.114. The Bertz CT molecular complexity index is 848. The summed E-state index contributed by atoms with van der Waals surface area (Å²) in [7, 11) is 0. The monoisotopic (exact) mass is 394 g/mol. The van der Waals surface area contributed by atoms with Gasteiger partial charge in [0.1, 0.15) is 11.8 Å².